The van der Waals surface area contributed by atoms with Crippen LogP contribution >= 0.6 is 12.4 Å². The lowest BCUT2D eigenvalue weighted by Gasteiger charge is -2.24. The maximum atomic E-state index is 11.9. The van der Waals surface area contributed by atoms with E-state index in [0.717, 1.165) is 5.52 Å². The molecule has 1 heterocycles. The predicted octanol–water partition coefficient (Wildman–Crippen LogP) is 0.605. The molecule has 2 rings (SSSR count). The van der Waals surface area contributed by atoms with Gasteiger partial charge in [-0.05, 0) is 26.0 Å². The average Bonchev–Trinajstić information content (AvgIpc) is 2.66. The number of imidazole rings is 1. The third-order valence-corrected chi connectivity index (χ3v) is 2.97. The molecule has 0 aliphatic heterocycles. The molecule has 0 saturated carbocycles. The standard InChI is InChI=1S/C13H18N4O2.ClH/c1-13(2,8-14)16-11(18)7-17-10-6-4-3-5-9(10)15-12(17)19;/h3-6H,7-8,14H2,1-2H3,(H,15,19)(H,16,18);1H. The van der Waals surface area contributed by atoms with E-state index in [1.165, 1.54) is 4.57 Å². The molecule has 0 saturated heterocycles. The molecule has 6 nitrogen and oxygen atoms in total. The highest BCUT2D eigenvalue weighted by Crippen LogP contribution is 2.08. The topological polar surface area (TPSA) is 92.9 Å². The third-order valence-electron chi connectivity index (χ3n) is 2.97. The van der Waals surface area contributed by atoms with E-state index < -0.39 is 5.54 Å². The molecule has 0 radical (unpaired) electrons. The lowest BCUT2D eigenvalue weighted by atomic mass is 10.1. The number of fused-ring (bicyclic) bond motifs is 1. The summed E-state index contributed by atoms with van der Waals surface area (Å²) in [6.07, 6.45) is 0. The molecule has 0 aliphatic carbocycles. The molecular weight excluding hydrogens is 280 g/mol. The number of H-pyrrole nitrogens is 1. The van der Waals surface area contributed by atoms with Crippen molar-refractivity contribution in [1.82, 2.24) is 14.9 Å². The number of carbonyl (C=O) groups excluding carboxylic acids is 1. The van der Waals surface area contributed by atoms with E-state index in [1.54, 1.807) is 12.1 Å². The van der Waals surface area contributed by atoms with Crippen LogP contribution in [0.25, 0.3) is 11.0 Å². The van der Waals surface area contributed by atoms with Gasteiger partial charge < -0.3 is 16.0 Å². The Morgan fingerprint density at radius 2 is 2.05 bits per heavy atom. The number of hydrogen-bond acceptors (Lipinski definition) is 3. The van der Waals surface area contributed by atoms with E-state index in [9.17, 15) is 9.59 Å². The largest absolute Gasteiger partial charge is 0.348 e. The third kappa shape index (κ3) is 3.40. The molecule has 0 fully saturated rings. The van der Waals surface area contributed by atoms with Crippen molar-refractivity contribution in [2.45, 2.75) is 25.9 Å². The first kappa shape index (κ1) is 16.3. The van der Waals surface area contributed by atoms with Crippen LogP contribution < -0.4 is 16.7 Å². The van der Waals surface area contributed by atoms with Gasteiger partial charge in [-0.1, -0.05) is 12.1 Å². The van der Waals surface area contributed by atoms with E-state index in [2.05, 4.69) is 10.3 Å². The zero-order valence-corrected chi connectivity index (χ0v) is 12.3. The number of hydrogen-bond donors (Lipinski definition) is 3. The zero-order valence-electron chi connectivity index (χ0n) is 11.5. The number of carbonyl (C=O) groups is 1. The Labute approximate surface area is 122 Å². The number of benzene rings is 1. The Bertz CT molecular complexity index is 660. The molecule has 2 aromatic rings. The summed E-state index contributed by atoms with van der Waals surface area (Å²) in [7, 11) is 0. The minimum absolute atomic E-state index is 0. The number of rotatable bonds is 4. The van der Waals surface area contributed by atoms with Crippen LogP contribution in [0, 0.1) is 0 Å². The molecule has 1 aromatic carbocycles. The maximum absolute atomic E-state index is 11.9. The van der Waals surface area contributed by atoms with Gasteiger partial charge in [0.2, 0.25) is 5.91 Å². The van der Waals surface area contributed by atoms with Gasteiger partial charge in [-0.3, -0.25) is 9.36 Å². The van der Waals surface area contributed by atoms with Crippen LogP contribution in [0.3, 0.4) is 0 Å². The Morgan fingerprint density at radius 1 is 1.40 bits per heavy atom. The van der Waals surface area contributed by atoms with Gasteiger partial charge >= 0.3 is 5.69 Å². The fourth-order valence-corrected chi connectivity index (χ4v) is 1.88. The predicted molar refractivity (Wildman–Crippen MR) is 81.1 cm³/mol. The summed E-state index contributed by atoms with van der Waals surface area (Å²) in [5.41, 5.74) is 6.23. The van der Waals surface area contributed by atoms with Crippen molar-refractivity contribution in [2.24, 2.45) is 5.73 Å². The zero-order chi connectivity index (χ0) is 14.0. The first-order chi connectivity index (χ1) is 8.93. The Balaban J connectivity index is 0.00000200. The van der Waals surface area contributed by atoms with Crippen LogP contribution in [0.5, 0.6) is 0 Å². The summed E-state index contributed by atoms with van der Waals surface area (Å²) in [4.78, 5) is 26.5. The molecular formula is C13H19ClN4O2. The Morgan fingerprint density at radius 3 is 2.70 bits per heavy atom. The number of halogens is 1. The molecule has 0 unspecified atom stereocenters. The van der Waals surface area contributed by atoms with Crippen molar-refractivity contribution in [3.8, 4) is 0 Å². The molecule has 0 bridgehead atoms. The van der Waals surface area contributed by atoms with E-state index in [1.807, 2.05) is 26.0 Å². The molecule has 0 atom stereocenters. The molecule has 7 heteroatoms. The number of aromatic nitrogens is 2. The normalized spacial score (nSPS) is 11.2. The summed E-state index contributed by atoms with van der Waals surface area (Å²) in [6, 6.07) is 7.26. The second-order valence-electron chi connectivity index (χ2n) is 5.17. The van der Waals surface area contributed by atoms with E-state index in [4.69, 9.17) is 5.73 Å². The summed E-state index contributed by atoms with van der Waals surface area (Å²) < 4.78 is 1.41. The minimum atomic E-state index is -0.479. The number of amides is 1. The first-order valence-electron chi connectivity index (χ1n) is 6.11. The Kier molecular flexibility index (Phi) is 4.97. The van der Waals surface area contributed by atoms with E-state index in [-0.39, 0.29) is 30.5 Å². The lowest BCUT2D eigenvalue weighted by Crippen LogP contribution is -2.50. The van der Waals surface area contributed by atoms with Gasteiger partial charge in [-0.25, -0.2) is 4.79 Å². The van der Waals surface area contributed by atoms with Crippen LogP contribution in [0.2, 0.25) is 0 Å². The quantitative estimate of drug-likeness (QED) is 0.772. The van der Waals surface area contributed by atoms with Gasteiger partial charge in [0.25, 0.3) is 0 Å². The molecule has 1 aromatic heterocycles. The molecule has 110 valence electrons. The van der Waals surface area contributed by atoms with Gasteiger partial charge in [0.1, 0.15) is 6.54 Å². The smallest absolute Gasteiger partial charge is 0.326 e. The fourth-order valence-electron chi connectivity index (χ4n) is 1.88. The average molecular weight is 299 g/mol. The number of nitrogens with one attached hydrogen (secondary N) is 2. The van der Waals surface area contributed by atoms with Crippen molar-refractivity contribution >= 4 is 29.3 Å². The van der Waals surface area contributed by atoms with E-state index >= 15 is 0 Å². The molecule has 20 heavy (non-hydrogen) atoms. The summed E-state index contributed by atoms with van der Waals surface area (Å²) >= 11 is 0. The summed E-state index contributed by atoms with van der Waals surface area (Å²) in [6.45, 7) is 3.99. The minimum Gasteiger partial charge on any atom is -0.348 e. The first-order valence-corrected chi connectivity index (χ1v) is 6.11. The van der Waals surface area contributed by atoms with Crippen molar-refractivity contribution in [3.05, 3.63) is 34.7 Å². The van der Waals surface area contributed by atoms with Crippen LogP contribution in [-0.4, -0.2) is 27.5 Å². The van der Waals surface area contributed by atoms with Crippen LogP contribution in [0.4, 0.5) is 0 Å². The van der Waals surface area contributed by atoms with Gasteiger partial charge in [0.15, 0.2) is 0 Å². The van der Waals surface area contributed by atoms with Crippen molar-refractivity contribution in [3.63, 3.8) is 0 Å². The number of aromatic amines is 1. The SMILES string of the molecule is CC(C)(CN)NC(=O)Cn1c(=O)[nH]c2ccccc21.Cl. The second kappa shape index (κ2) is 6.11. The number of para-hydroxylation sites is 2. The van der Waals surface area contributed by atoms with Crippen molar-refractivity contribution in [2.75, 3.05) is 6.54 Å². The van der Waals surface area contributed by atoms with Crippen LogP contribution in [-0.2, 0) is 11.3 Å². The van der Waals surface area contributed by atoms with Gasteiger partial charge in [0, 0.05) is 12.1 Å². The van der Waals surface area contributed by atoms with Gasteiger partial charge in [0.05, 0.1) is 11.0 Å². The van der Waals surface area contributed by atoms with Gasteiger partial charge in [-0.2, -0.15) is 0 Å². The lowest BCUT2D eigenvalue weighted by molar-refractivity contribution is -0.123. The number of nitrogens with zero attached hydrogens (tertiary/aromatic N) is 1. The van der Waals surface area contributed by atoms with Gasteiger partial charge in [-0.15, -0.1) is 12.4 Å². The molecule has 0 aliphatic rings. The fraction of sp³-hybridized carbons (Fsp3) is 0.385. The van der Waals surface area contributed by atoms with Crippen LogP contribution in [0.15, 0.2) is 29.1 Å². The van der Waals surface area contributed by atoms with E-state index in [0.29, 0.717) is 12.1 Å². The monoisotopic (exact) mass is 298 g/mol. The highest BCUT2D eigenvalue weighted by atomic mass is 35.5. The van der Waals surface area contributed by atoms with Crippen molar-refractivity contribution in [1.29, 1.82) is 0 Å². The second-order valence-corrected chi connectivity index (χ2v) is 5.17. The number of nitrogens with two attached hydrogens (primary N) is 1. The summed E-state index contributed by atoms with van der Waals surface area (Å²) in [5.74, 6) is -0.234. The highest BCUT2D eigenvalue weighted by molar-refractivity contribution is 5.85. The molecule has 1 amide bonds. The van der Waals surface area contributed by atoms with Crippen molar-refractivity contribution < 1.29 is 4.79 Å². The summed E-state index contributed by atoms with van der Waals surface area (Å²) in [5, 5.41) is 2.80. The highest BCUT2D eigenvalue weighted by Gasteiger charge is 2.19. The maximum Gasteiger partial charge on any atom is 0.326 e. The molecule has 0 spiro atoms. The Hall–Kier alpha value is -1.79. The molecule has 4 N–H and O–H groups in total. The van der Waals surface area contributed by atoms with Crippen LogP contribution in [0.1, 0.15) is 13.8 Å².